The first-order chi connectivity index (χ1) is 8.93. The fourth-order valence-corrected chi connectivity index (χ4v) is 3.15. The largest absolute Gasteiger partial charge is 0.397 e. The van der Waals surface area contributed by atoms with Crippen LogP contribution < -0.4 is 11.1 Å². The number of hydrogen-bond donors (Lipinski definition) is 2. The number of aryl methyl sites for hydroxylation is 2. The Hall–Kier alpha value is -1.88. The van der Waals surface area contributed by atoms with E-state index >= 15 is 0 Å². The first kappa shape index (κ1) is 13.5. The van der Waals surface area contributed by atoms with Crippen LogP contribution in [-0.4, -0.2) is 16.9 Å². The van der Waals surface area contributed by atoms with Crippen molar-refractivity contribution >= 4 is 33.0 Å². The van der Waals surface area contributed by atoms with Crippen LogP contribution in [0.1, 0.15) is 28.0 Å². The first-order valence-corrected chi connectivity index (χ1v) is 6.85. The van der Waals surface area contributed by atoms with Crippen LogP contribution in [-0.2, 0) is 0 Å². The van der Waals surface area contributed by atoms with Gasteiger partial charge in [0.05, 0.1) is 5.69 Å². The van der Waals surface area contributed by atoms with Gasteiger partial charge in [0.25, 0.3) is 5.91 Å². The van der Waals surface area contributed by atoms with E-state index in [1.54, 1.807) is 6.08 Å². The van der Waals surface area contributed by atoms with Crippen LogP contribution in [0, 0.1) is 13.8 Å². The Morgan fingerprint density at radius 2 is 2.26 bits per heavy atom. The number of nitrogens with two attached hydrogens (primary N) is 1. The molecule has 0 aliphatic rings. The van der Waals surface area contributed by atoms with Gasteiger partial charge < -0.3 is 11.1 Å². The predicted octanol–water partition coefficient (Wildman–Crippen LogP) is 2.80. The zero-order valence-electron chi connectivity index (χ0n) is 11.3. The van der Waals surface area contributed by atoms with Gasteiger partial charge in [-0.15, -0.1) is 17.9 Å². The molecule has 19 heavy (non-hydrogen) atoms. The van der Waals surface area contributed by atoms with E-state index in [-0.39, 0.29) is 11.9 Å². The number of aromatic nitrogens is 1. The van der Waals surface area contributed by atoms with Gasteiger partial charge in [0.2, 0.25) is 0 Å². The van der Waals surface area contributed by atoms with Crippen molar-refractivity contribution < 1.29 is 4.79 Å². The molecular weight excluding hydrogens is 258 g/mol. The van der Waals surface area contributed by atoms with Crippen LogP contribution in [0.5, 0.6) is 0 Å². The molecule has 0 saturated carbocycles. The minimum absolute atomic E-state index is 0.0851. The van der Waals surface area contributed by atoms with Crippen LogP contribution in [0.3, 0.4) is 0 Å². The van der Waals surface area contributed by atoms with Gasteiger partial charge in [-0.1, -0.05) is 6.08 Å². The third-order valence-corrected chi connectivity index (χ3v) is 4.09. The van der Waals surface area contributed by atoms with Gasteiger partial charge in [0.1, 0.15) is 4.88 Å². The maximum absolute atomic E-state index is 12.2. The molecular formula is C14H17N3OS. The van der Waals surface area contributed by atoms with Crippen molar-refractivity contribution in [3.05, 3.63) is 35.0 Å². The van der Waals surface area contributed by atoms with Crippen molar-refractivity contribution in [1.29, 1.82) is 0 Å². The highest BCUT2D eigenvalue weighted by atomic mass is 32.1. The number of nitrogens with zero attached hydrogens (tertiary/aromatic N) is 1. The van der Waals surface area contributed by atoms with Gasteiger partial charge in [-0.25, -0.2) is 0 Å². The highest BCUT2D eigenvalue weighted by Crippen LogP contribution is 2.35. The molecule has 2 aromatic heterocycles. The van der Waals surface area contributed by atoms with Gasteiger partial charge in [0, 0.05) is 27.5 Å². The van der Waals surface area contributed by atoms with E-state index in [1.165, 1.54) is 11.3 Å². The highest BCUT2D eigenvalue weighted by Gasteiger charge is 2.19. The summed E-state index contributed by atoms with van der Waals surface area (Å²) < 4.78 is 0.999. The number of amides is 1. The molecule has 1 atom stereocenters. The zero-order valence-corrected chi connectivity index (χ0v) is 12.1. The lowest BCUT2D eigenvalue weighted by molar-refractivity contribution is 0.0952. The molecule has 0 aliphatic carbocycles. The molecule has 0 fully saturated rings. The quantitative estimate of drug-likeness (QED) is 0.846. The topological polar surface area (TPSA) is 68.0 Å². The molecule has 3 N–H and O–H groups in total. The van der Waals surface area contributed by atoms with E-state index in [9.17, 15) is 4.79 Å². The van der Waals surface area contributed by atoms with E-state index in [1.807, 2.05) is 26.8 Å². The van der Waals surface area contributed by atoms with Gasteiger partial charge in [0.15, 0.2) is 0 Å². The van der Waals surface area contributed by atoms with E-state index in [0.29, 0.717) is 10.6 Å². The molecule has 0 radical (unpaired) electrons. The van der Waals surface area contributed by atoms with Crippen molar-refractivity contribution in [3.63, 3.8) is 0 Å². The fraction of sp³-hybridized carbons (Fsp3) is 0.286. The molecule has 0 saturated heterocycles. The molecule has 1 unspecified atom stereocenters. The third kappa shape index (κ3) is 2.46. The molecule has 0 spiro atoms. The molecule has 2 aromatic rings. The Kier molecular flexibility index (Phi) is 3.57. The molecule has 4 nitrogen and oxygen atoms in total. The lowest BCUT2D eigenvalue weighted by atomic mass is 10.2. The summed E-state index contributed by atoms with van der Waals surface area (Å²) in [4.78, 5) is 17.1. The SMILES string of the molecule is C=CC(C)NC(=O)c1sc2cc(C)nc(C)c2c1N. The van der Waals surface area contributed by atoms with Gasteiger partial charge in [-0.05, 0) is 26.8 Å². The van der Waals surface area contributed by atoms with Crippen molar-refractivity contribution in [3.8, 4) is 0 Å². The van der Waals surface area contributed by atoms with Gasteiger partial charge in [-0.2, -0.15) is 0 Å². The lowest BCUT2D eigenvalue weighted by Gasteiger charge is -2.08. The monoisotopic (exact) mass is 275 g/mol. The molecule has 100 valence electrons. The number of hydrogen-bond acceptors (Lipinski definition) is 4. The zero-order chi connectivity index (χ0) is 14.2. The average molecular weight is 275 g/mol. The van der Waals surface area contributed by atoms with E-state index in [4.69, 9.17) is 5.73 Å². The summed E-state index contributed by atoms with van der Waals surface area (Å²) in [6.07, 6.45) is 1.68. The summed E-state index contributed by atoms with van der Waals surface area (Å²) in [5.74, 6) is -0.164. The van der Waals surface area contributed by atoms with Crippen LogP contribution in [0.4, 0.5) is 5.69 Å². The Morgan fingerprint density at radius 1 is 1.58 bits per heavy atom. The fourth-order valence-electron chi connectivity index (χ4n) is 1.98. The Bertz CT molecular complexity index is 660. The number of carbonyl (C=O) groups is 1. The van der Waals surface area contributed by atoms with Gasteiger partial charge >= 0.3 is 0 Å². The molecule has 0 aromatic carbocycles. The van der Waals surface area contributed by atoms with Crippen LogP contribution in [0.2, 0.25) is 0 Å². The van der Waals surface area contributed by atoms with Crippen LogP contribution in [0.25, 0.3) is 10.1 Å². The summed E-state index contributed by atoms with van der Waals surface area (Å²) in [6.45, 7) is 9.35. The van der Waals surface area contributed by atoms with E-state index < -0.39 is 0 Å². The molecule has 5 heteroatoms. The normalized spacial score (nSPS) is 12.4. The minimum atomic E-state index is -0.164. The molecule has 2 rings (SSSR count). The maximum Gasteiger partial charge on any atom is 0.263 e. The summed E-state index contributed by atoms with van der Waals surface area (Å²) in [5.41, 5.74) is 8.39. The molecule has 2 heterocycles. The van der Waals surface area contributed by atoms with E-state index in [0.717, 1.165) is 21.5 Å². The second-order valence-corrected chi connectivity index (χ2v) is 5.62. The summed E-state index contributed by atoms with van der Waals surface area (Å²) in [6, 6.07) is 1.87. The summed E-state index contributed by atoms with van der Waals surface area (Å²) in [7, 11) is 0. The van der Waals surface area contributed by atoms with E-state index in [2.05, 4.69) is 16.9 Å². The maximum atomic E-state index is 12.2. The van der Waals surface area contributed by atoms with Crippen molar-refractivity contribution in [1.82, 2.24) is 10.3 Å². The number of fused-ring (bicyclic) bond motifs is 1. The summed E-state index contributed by atoms with van der Waals surface area (Å²) >= 11 is 1.40. The number of anilines is 1. The molecule has 0 aliphatic heterocycles. The predicted molar refractivity (Wildman–Crippen MR) is 80.6 cm³/mol. The number of pyridine rings is 1. The smallest absolute Gasteiger partial charge is 0.263 e. The minimum Gasteiger partial charge on any atom is -0.397 e. The Morgan fingerprint density at radius 3 is 2.89 bits per heavy atom. The van der Waals surface area contributed by atoms with Crippen LogP contribution >= 0.6 is 11.3 Å². The third-order valence-electron chi connectivity index (χ3n) is 2.94. The number of nitrogens with one attached hydrogen (secondary N) is 1. The molecule has 0 bridgehead atoms. The standard InChI is InChI=1S/C14H17N3OS/c1-5-7(2)17-14(18)13-12(15)11-9(4)16-8(3)6-10(11)19-13/h5-7H,1,15H2,2-4H3,(H,17,18). The number of nitrogen functional groups attached to an aromatic ring is 1. The average Bonchev–Trinajstić information content (AvgIpc) is 2.66. The second-order valence-electron chi connectivity index (χ2n) is 4.56. The lowest BCUT2D eigenvalue weighted by Crippen LogP contribution is -2.30. The Labute approximate surface area is 116 Å². The Balaban J connectivity index is 2.51. The number of rotatable bonds is 3. The first-order valence-electron chi connectivity index (χ1n) is 6.03. The molecule has 1 amide bonds. The number of thiophene rings is 1. The summed E-state index contributed by atoms with van der Waals surface area (Å²) in [5, 5.41) is 3.72. The van der Waals surface area contributed by atoms with Crippen molar-refractivity contribution in [2.75, 3.05) is 5.73 Å². The second kappa shape index (κ2) is 5.01. The van der Waals surface area contributed by atoms with Crippen molar-refractivity contribution in [2.45, 2.75) is 26.8 Å². The number of carbonyl (C=O) groups excluding carboxylic acids is 1. The van der Waals surface area contributed by atoms with Crippen molar-refractivity contribution in [2.24, 2.45) is 0 Å². The highest BCUT2D eigenvalue weighted by molar-refractivity contribution is 7.21. The van der Waals surface area contributed by atoms with Gasteiger partial charge in [-0.3, -0.25) is 9.78 Å². The van der Waals surface area contributed by atoms with Crippen LogP contribution in [0.15, 0.2) is 18.7 Å².